The quantitative estimate of drug-likeness (QED) is 0.474. The summed E-state index contributed by atoms with van der Waals surface area (Å²) in [5, 5.41) is 1.94. The van der Waals surface area contributed by atoms with Gasteiger partial charge in [-0.1, -0.05) is 63.2 Å². The minimum absolute atomic E-state index is 0.199. The van der Waals surface area contributed by atoms with Crippen LogP contribution in [-0.2, 0) is 11.0 Å². The van der Waals surface area contributed by atoms with Crippen LogP contribution in [0.2, 0.25) is 0 Å². The third kappa shape index (κ3) is 6.06. The van der Waals surface area contributed by atoms with Gasteiger partial charge < -0.3 is 0 Å². The Morgan fingerprint density at radius 2 is 1.28 bits per heavy atom. The van der Waals surface area contributed by atoms with E-state index in [2.05, 4.69) is 20.8 Å². The molecule has 0 saturated heterocycles. The van der Waals surface area contributed by atoms with Crippen molar-refractivity contribution in [3.05, 3.63) is 71.3 Å². The van der Waals surface area contributed by atoms with Crippen molar-refractivity contribution in [1.29, 1.82) is 0 Å². The van der Waals surface area contributed by atoms with Gasteiger partial charge in [0.2, 0.25) is 0 Å². The van der Waals surface area contributed by atoms with Gasteiger partial charge in [0.25, 0.3) is 0 Å². The monoisotopic (exact) mass is 407 g/mol. The summed E-state index contributed by atoms with van der Waals surface area (Å²) in [5.74, 6) is 0. The van der Waals surface area contributed by atoms with E-state index in [4.69, 9.17) is 4.84 Å². The van der Waals surface area contributed by atoms with E-state index < -0.39 is 11.7 Å². The minimum atomic E-state index is -4.35. The van der Waals surface area contributed by atoms with Gasteiger partial charge in [-0.2, -0.15) is 18.2 Å². The van der Waals surface area contributed by atoms with Gasteiger partial charge in [0.15, 0.2) is 0 Å². The first-order chi connectivity index (χ1) is 13.2. The third-order valence-electron chi connectivity index (χ3n) is 4.81. The summed E-state index contributed by atoms with van der Waals surface area (Å²) in [6.07, 6.45) is -4.55. The van der Waals surface area contributed by atoms with Gasteiger partial charge in [-0.05, 0) is 56.4 Å². The second-order valence-corrected chi connectivity index (χ2v) is 9.54. The fraction of sp³-hybridized carbons (Fsp3) is 0.500. The molecule has 0 saturated carbocycles. The van der Waals surface area contributed by atoms with E-state index in [0.717, 1.165) is 23.3 Å². The normalized spacial score (nSPS) is 15.4. The van der Waals surface area contributed by atoms with Crippen LogP contribution in [0, 0.1) is 5.41 Å². The first-order valence-electron chi connectivity index (χ1n) is 9.89. The van der Waals surface area contributed by atoms with Gasteiger partial charge in [0, 0.05) is 5.54 Å². The molecule has 5 heteroatoms. The van der Waals surface area contributed by atoms with Crippen molar-refractivity contribution in [2.45, 2.75) is 72.3 Å². The van der Waals surface area contributed by atoms with Crippen LogP contribution in [0.3, 0.4) is 0 Å². The van der Waals surface area contributed by atoms with Crippen molar-refractivity contribution in [2.75, 3.05) is 0 Å². The second-order valence-electron chi connectivity index (χ2n) is 9.54. The molecule has 2 atom stereocenters. The fourth-order valence-corrected chi connectivity index (χ4v) is 3.40. The van der Waals surface area contributed by atoms with E-state index in [0.29, 0.717) is 0 Å². The number of benzene rings is 2. The Labute approximate surface area is 172 Å². The molecule has 2 unspecified atom stereocenters. The van der Waals surface area contributed by atoms with E-state index in [1.807, 2.05) is 63.1 Å². The van der Waals surface area contributed by atoms with Crippen molar-refractivity contribution in [3.8, 4) is 0 Å². The zero-order valence-corrected chi connectivity index (χ0v) is 18.3. The highest BCUT2D eigenvalue weighted by molar-refractivity contribution is 5.28. The molecule has 0 aromatic heterocycles. The maximum atomic E-state index is 13.0. The van der Waals surface area contributed by atoms with Gasteiger partial charge in [-0.25, -0.2) is 0 Å². The summed E-state index contributed by atoms with van der Waals surface area (Å²) in [6.45, 7) is 14.4. The van der Waals surface area contributed by atoms with E-state index >= 15 is 0 Å². The molecule has 0 aliphatic carbocycles. The molecule has 2 aromatic rings. The molecule has 0 heterocycles. The Morgan fingerprint density at radius 1 is 0.759 bits per heavy atom. The van der Waals surface area contributed by atoms with Crippen molar-refractivity contribution in [2.24, 2.45) is 5.41 Å². The zero-order valence-electron chi connectivity index (χ0n) is 18.3. The maximum Gasteiger partial charge on any atom is 0.416 e. The average Bonchev–Trinajstić information content (AvgIpc) is 2.59. The van der Waals surface area contributed by atoms with Crippen LogP contribution in [0.4, 0.5) is 13.2 Å². The van der Waals surface area contributed by atoms with Crippen molar-refractivity contribution in [1.82, 2.24) is 5.06 Å². The molecule has 2 nitrogen and oxygen atoms in total. The van der Waals surface area contributed by atoms with Gasteiger partial charge in [-0.3, -0.25) is 4.84 Å². The van der Waals surface area contributed by atoms with E-state index in [1.54, 1.807) is 12.1 Å². The Balaban J connectivity index is 2.45. The summed E-state index contributed by atoms with van der Waals surface area (Å²) in [6, 6.07) is 15.1. The average molecular weight is 408 g/mol. The smallest absolute Gasteiger partial charge is 0.290 e. The summed E-state index contributed by atoms with van der Waals surface area (Å²) < 4.78 is 39.1. The molecule has 0 fully saturated rings. The Morgan fingerprint density at radius 3 is 1.69 bits per heavy atom. The number of hydroxylamine groups is 2. The molecule has 0 amide bonds. The SMILES string of the molecule is CC(ON(C(c1ccc(C(F)(F)F)cc1)C(C)(C)C)C(C)(C)C)c1ccccc1. The largest absolute Gasteiger partial charge is 0.416 e. The number of alkyl halides is 3. The van der Waals surface area contributed by atoms with Gasteiger partial charge in [0.05, 0.1) is 11.6 Å². The minimum Gasteiger partial charge on any atom is -0.290 e. The van der Waals surface area contributed by atoms with Crippen LogP contribution in [0.1, 0.15) is 77.3 Å². The molecule has 0 radical (unpaired) electrons. The summed E-state index contributed by atoms with van der Waals surface area (Å²) in [4.78, 5) is 6.45. The number of rotatable bonds is 5. The number of hydrogen-bond acceptors (Lipinski definition) is 2. The van der Waals surface area contributed by atoms with Crippen LogP contribution < -0.4 is 0 Å². The molecule has 0 N–H and O–H groups in total. The topological polar surface area (TPSA) is 12.5 Å². The molecule has 0 spiro atoms. The highest BCUT2D eigenvalue weighted by Gasteiger charge is 2.40. The Bertz CT molecular complexity index is 771. The lowest BCUT2D eigenvalue weighted by Gasteiger charge is -2.47. The van der Waals surface area contributed by atoms with Crippen LogP contribution in [-0.4, -0.2) is 10.6 Å². The van der Waals surface area contributed by atoms with Crippen molar-refractivity contribution < 1.29 is 18.0 Å². The maximum absolute atomic E-state index is 13.0. The summed E-state index contributed by atoms with van der Waals surface area (Å²) in [5.41, 5.74) is 0.546. The molecule has 160 valence electrons. The van der Waals surface area contributed by atoms with Gasteiger partial charge >= 0.3 is 6.18 Å². The molecule has 29 heavy (non-hydrogen) atoms. The standard InChI is InChI=1S/C24H32F3NO/c1-17(18-11-9-8-10-12-18)29-28(23(5,6)7)21(22(2,3)4)19-13-15-20(16-14-19)24(25,26)27/h8-17,21H,1-7H3. The predicted octanol–water partition coefficient (Wildman–Crippen LogP) is 7.59. The highest BCUT2D eigenvalue weighted by Crippen LogP contribution is 2.43. The molecular weight excluding hydrogens is 375 g/mol. The lowest BCUT2D eigenvalue weighted by Crippen LogP contribution is -2.48. The van der Waals surface area contributed by atoms with E-state index in [9.17, 15) is 13.2 Å². The van der Waals surface area contributed by atoms with Crippen LogP contribution >= 0.6 is 0 Å². The molecule has 0 aliphatic heterocycles. The molecule has 0 aliphatic rings. The fourth-order valence-electron chi connectivity index (χ4n) is 3.40. The summed E-state index contributed by atoms with van der Waals surface area (Å²) >= 11 is 0. The van der Waals surface area contributed by atoms with E-state index in [-0.39, 0.29) is 23.1 Å². The zero-order chi connectivity index (χ0) is 22.0. The first kappa shape index (κ1) is 23.4. The van der Waals surface area contributed by atoms with Crippen LogP contribution in [0.25, 0.3) is 0 Å². The summed E-state index contributed by atoms with van der Waals surface area (Å²) in [7, 11) is 0. The molecule has 2 rings (SSSR count). The number of hydrogen-bond donors (Lipinski definition) is 0. The third-order valence-corrected chi connectivity index (χ3v) is 4.81. The van der Waals surface area contributed by atoms with Crippen molar-refractivity contribution in [3.63, 3.8) is 0 Å². The predicted molar refractivity (Wildman–Crippen MR) is 111 cm³/mol. The number of halogens is 3. The van der Waals surface area contributed by atoms with Gasteiger partial charge in [0.1, 0.15) is 6.10 Å². The lowest BCUT2D eigenvalue weighted by molar-refractivity contribution is -0.281. The van der Waals surface area contributed by atoms with Crippen LogP contribution in [0.15, 0.2) is 54.6 Å². The molecular formula is C24H32F3NO. The Hall–Kier alpha value is -1.85. The first-order valence-corrected chi connectivity index (χ1v) is 9.89. The highest BCUT2D eigenvalue weighted by atomic mass is 19.4. The second kappa shape index (κ2) is 8.49. The number of nitrogens with zero attached hydrogens (tertiary/aromatic N) is 1. The molecule has 2 aromatic carbocycles. The Kier molecular flexibility index (Phi) is 6.86. The van der Waals surface area contributed by atoms with Gasteiger partial charge in [-0.15, -0.1) is 0 Å². The van der Waals surface area contributed by atoms with Crippen LogP contribution in [0.5, 0.6) is 0 Å². The van der Waals surface area contributed by atoms with E-state index in [1.165, 1.54) is 0 Å². The molecule has 0 bridgehead atoms. The van der Waals surface area contributed by atoms with Crippen molar-refractivity contribution >= 4 is 0 Å². The lowest BCUT2D eigenvalue weighted by atomic mass is 9.80.